The highest BCUT2D eigenvalue weighted by molar-refractivity contribution is 8.93. The topological polar surface area (TPSA) is 64.1 Å². The van der Waals surface area contributed by atoms with Crippen LogP contribution in [-0.4, -0.2) is 10.7 Å². The van der Waals surface area contributed by atoms with Crippen molar-refractivity contribution in [2.45, 2.75) is 6.54 Å². The van der Waals surface area contributed by atoms with Crippen molar-refractivity contribution in [2.75, 3.05) is 0 Å². The standard InChI is InChI=1S/C13H11N2O3.BrH/c16-13(10-14-8-4-1-5-9-14)11-6-2-3-7-12(11)15(17)18;/h1-9H,10H2;1H/q+1;. The number of hydrogen-bond acceptors (Lipinski definition) is 3. The molecular formula is C13H12BrN2O3+. The van der Waals surface area contributed by atoms with Gasteiger partial charge in [0.15, 0.2) is 12.4 Å². The quantitative estimate of drug-likeness (QED) is 0.375. The number of aromatic nitrogens is 1. The molecule has 5 nitrogen and oxygen atoms in total. The maximum absolute atomic E-state index is 12.0. The second-order valence-corrected chi connectivity index (χ2v) is 3.75. The minimum atomic E-state index is -0.539. The number of nitro groups is 1. The van der Waals surface area contributed by atoms with Gasteiger partial charge in [0.2, 0.25) is 12.3 Å². The third-order valence-electron chi connectivity index (χ3n) is 2.50. The molecule has 1 aromatic heterocycles. The molecule has 0 fully saturated rings. The molecule has 0 atom stereocenters. The highest BCUT2D eigenvalue weighted by atomic mass is 79.9. The number of hydrogen-bond donors (Lipinski definition) is 0. The van der Waals surface area contributed by atoms with Crippen LogP contribution >= 0.6 is 17.0 Å². The van der Waals surface area contributed by atoms with Crippen LogP contribution in [0.1, 0.15) is 10.4 Å². The number of para-hydroxylation sites is 1. The molecule has 6 heteroatoms. The van der Waals surface area contributed by atoms with Crippen LogP contribution in [0.15, 0.2) is 54.9 Å². The number of halogens is 1. The van der Waals surface area contributed by atoms with Crippen LogP contribution in [0.2, 0.25) is 0 Å². The zero-order valence-electron chi connectivity index (χ0n) is 9.93. The molecular weight excluding hydrogens is 312 g/mol. The summed E-state index contributed by atoms with van der Waals surface area (Å²) in [5.41, 5.74) is -0.0158. The minimum absolute atomic E-state index is 0. The number of rotatable bonds is 4. The van der Waals surface area contributed by atoms with Gasteiger partial charge >= 0.3 is 0 Å². The molecule has 0 aliphatic heterocycles. The SMILES string of the molecule is Br.O=C(C[n+]1ccccc1)c1ccccc1[N+](=O)[O-]. The van der Waals surface area contributed by atoms with Gasteiger partial charge in [-0.25, -0.2) is 0 Å². The lowest BCUT2D eigenvalue weighted by atomic mass is 10.1. The van der Waals surface area contributed by atoms with E-state index in [0.29, 0.717) is 0 Å². The predicted octanol–water partition coefficient (Wildman–Crippen LogP) is 2.34. The molecule has 0 aliphatic rings. The molecule has 0 spiro atoms. The molecule has 2 aromatic rings. The molecule has 1 heterocycles. The first-order chi connectivity index (χ1) is 8.68. The number of nitro benzene ring substituents is 1. The summed E-state index contributed by atoms with van der Waals surface area (Å²) in [6.45, 7) is 0.0890. The van der Waals surface area contributed by atoms with E-state index in [1.165, 1.54) is 12.1 Å². The fourth-order valence-electron chi connectivity index (χ4n) is 1.66. The first-order valence-electron chi connectivity index (χ1n) is 5.39. The van der Waals surface area contributed by atoms with Crippen molar-refractivity contribution in [3.8, 4) is 0 Å². The van der Waals surface area contributed by atoms with E-state index in [-0.39, 0.29) is 40.6 Å². The Morgan fingerprint density at radius 2 is 1.74 bits per heavy atom. The largest absolute Gasteiger partial charge is 0.287 e. The summed E-state index contributed by atoms with van der Waals surface area (Å²) in [6, 6.07) is 11.4. The minimum Gasteiger partial charge on any atom is -0.287 e. The van der Waals surface area contributed by atoms with Gasteiger partial charge in [-0.2, -0.15) is 4.57 Å². The number of ketones is 1. The van der Waals surface area contributed by atoms with Crippen LogP contribution in [0, 0.1) is 10.1 Å². The Labute approximate surface area is 120 Å². The first kappa shape index (κ1) is 15.0. The van der Waals surface area contributed by atoms with Crippen molar-refractivity contribution in [2.24, 2.45) is 0 Å². The van der Waals surface area contributed by atoms with E-state index in [9.17, 15) is 14.9 Å². The van der Waals surface area contributed by atoms with E-state index in [4.69, 9.17) is 0 Å². The van der Waals surface area contributed by atoms with Crippen molar-refractivity contribution in [1.82, 2.24) is 0 Å². The van der Waals surface area contributed by atoms with E-state index >= 15 is 0 Å². The number of carbonyl (C=O) groups excluding carboxylic acids is 1. The van der Waals surface area contributed by atoms with Gasteiger partial charge in [0.25, 0.3) is 5.69 Å². The monoisotopic (exact) mass is 323 g/mol. The summed E-state index contributed by atoms with van der Waals surface area (Å²) in [6.07, 6.45) is 3.49. The highest BCUT2D eigenvalue weighted by Crippen LogP contribution is 2.17. The second-order valence-electron chi connectivity index (χ2n) is 3.75. The molecule has 98 valence electrons. The lowest BCUT2D eigenvalue weighted by Crippen LogP contribution is -2.37. The molecule has 0 saturated carbocycles. The number of pyridine rings is 1. The summed E-state index contributed by atoms with van der Waals surface area (Å²) < 4.78 is 1.68. The fourth-order valence-corrected chi connectivity index (χ4v) is 1.66. The first-order valence-corrected chi connectivity index (χ1v) is 5.39. The van der Waals surface area contributed by atoms with Crippen molar-refractivity contribution < 1.29 is 14.3 Å². The number of benzene rings is 1. The summed E-state index contributed by atoms with van der Waals surface area (Å²) in [5, 5.41) is 10.8. The molecule has 1 aromatic carbocycles. The Bertz CT molecular complexity index is 587. The van der Waals surface area contributed by atoms with Crippen molar-refractivity contribution in [3.05, 3.63) is 70.5 Å². The molecule has 0 N–H and O–H groups in total. The van der Waals surface area contributed by atoms with E-state index in [1.54, 1.807) is 41.2 Å². The Morgan fingerprint density at radius 3 is 2.37 bits per heavy atom. The van der Waals surface area contributed by atoms with Gasteiger partial charge in [-0.1, -0.05) is 18.2 Å². The van der Waals surface area contributed by atoms with Gasteiger partial charge in [0.1, 0.15) is 5.56 Å². The van der Waals surface area contributed by atoms with Crippen molar-refractivity contribution in [1.29, 1.82) is 0 Å². The molecule has 2 rings (SSSR count). The van der Waals surface area contributed by atoms with Gasteiger partial charge in [-0.05, 0) is 6.07 Å². The van der Waals surface area contributed by atoms with Crippen LogP contribution in [0.25, 0.3) is 0 Å². The van der Waals surface area contributed by atoms with Crippen LogP contribution in [0.3, 0.4) is 0 Å². The van der Waals surface area contributed by atoms with Gasteiger partial charge in [-0.15, -0.1) is 17.0 Å². The van der Waals surface area contributed by atoms with E-state index in [1.807, 2.05) is 6.07 Å². The zero-order chi connectivity index (χ0) is 13.0. The number of carbonyl (C=O) groups is 1. The van der Waals surface area contributed by atoms with Crippen LogP contribution in [0.5, 0.6) is 0 Å². The van der Waals surface area contributed by atoms with Crippen LogP contribution < -0.4 is 4.57 Å². The Hall–Kier alpha value is -2.08. The Morgan fingerprint density at radius 1 is 1.11 bits per heavy atom. The van der Waals surface area contributed by atoms with Gasteiger partial charge in [-0.3, -0.25) is 14.9 Å². The van der Waals surface area contributed by atoms with Crippen LogP contribution in [0.4, 0.5) is 5.69 Å². The molecule has 19 heavy (non-hydrogen) atoms. The molecule has 0 bridgehead atoms. The summed E-state index contributed by atoms with van der Waals surface area (Å²) in [4.78, 5) is 22.3. The number of nitrogens with zero attached hydrogens (tertiary/aromatic N) is 2. The lowest BCUT2D eigenvalue weighted by molar-refractivity contribution is -0.683. The number of Topliss-reactive ketones (excluding diaryl/α,β-unsaturated/α-hetero) is 1. The Balaban J connectivity index is 0.00000180. The highest BCUT2D eigenvalue weighted by Gasteiger charge is 2.21. The maximum Gasteiger partial charge on any atom is 0.280 e. The van der Waals surface area contributed by atoms with E-state index < -0.39 is 4.92 Å². The third kappa shape index (κ3) is 3.69. The Kier molecular flexibility index (Phi) is 5.32. The van der Waals surface area contributed by atoms with Crippen molar-refractivity contribution in [3.63, 3.8) is 0 Å². The molecule has 0 unspecified atom stereocenters. The maximum atomic E-state index is 12.0. The fraction of sp³-hybridized carbons (Fsp3) is 0.0769. The third-order valence-corrected chi connectivity index (χ3v) is 2.50. The van der Waals surface area contributed by atoms with E-state index in [0.717, 1.165) is 0 Å². The summed E-state index contributed by atoms with van der Waals surface area (Å²) in [7, 11) is 0. The van der Waals surface area contributed by atoms with Gasteiger partial charge < -0.3 is 0 Å². The average Bonchev–Trinajstić information content (AvgIpc) is 2.40. The summed E-state index contributed by atoms with van der Waals surface area (Å²) >= 11 is 0. The average molecular weight is 324 g/mol. The zero-order valence-corrected chi connectivity index (χ0v) is 11.6. The molecule has 0 saturated heterocycles. The van der Waals surface area contributed by atoms with Crippen molar-refractivity contribution >= 4 is 28.5 Å². The van der Waals surface area contributed by atoms with E-state index in [2.05, 4.69) is 0 Å². The molecule has 0 radical (unpaired) electrons. The summed E-state index contributed by atoms with van der Waals surface area (Å²) in [5.74, 6) is -0.279. The molecule has 0 aliphatic carbocycles. The van der Waals surface area contributed by atoms with Gasteiger partial charge in [0, 0.05) is 18.2 Å². The smallest absolute Gasteiger partial charge is 0.280 e. The predicted molar refractivity (Wildman–Crippen MR) is 74.4 cm³/mol. The normalized spacial score (nSPS) is 9.47. The molecule has 0 amide bonds. The second kappa shape index (κ2) is 6.75. The van der Waals surface area contributed by atoms with Crippen LogP contribution in [-0.2, 0) is 6.54 Å². The lowest BCUT2D eigenvalue weighted by Gasteiger charge is -1.99. The van der Waals surface area contributed by atoms with Gasteiger partial charge in [0.05, 0.1) is 4.92 Å².